The third-order valence-corrected chi connectivity index (χ3v) is 5.44. The molecule has 1 saturated heterocycles. The summed E-state index contributed by atoms with van der Waals surface area (Å²) >= 11 is 1.64. The zero-order valence-electron chi connectivity index (χ0n) is 14.2. The van der Waals surface area contributed by atoms with Gasteiger partial charge in [-0.15, -0.1) is 11.8 Å². The molecule has 0 unspecified atom stereocenters. The molecule has 0 saturated carbocycles. The average molecular weight is 342 g/mol. The molecule has 1 aliphatic rings. The summed E-state index contributed by atoms with van der Waals surface area (Å²) in [5.41, 5.74) is 2.45. The van der Waals surface area contributed by atoms with Crippen molar-refractivity contribution in [2.75, 3.05) is 31.1 Å². The Morgan fingerprint density at radius 2 is 1.67 bits per heavy atom. The molecule has 1 aromatic carbocycles. The highest BCUT2D eigenvalue weighted by Crippen LogP contribution is 2.25. The lowest BCUT2D eigenvalue weighted by atomic mass is 10.2. The molecule has 0 spiro atoms. The first kappa shape index (κ1) is 16.8. The summed E-state index contributed by atoms with van der Waals surface area (Å²) in [6.45, 7) is 7.43. The second-order valence-electron chi connectivity index (χ2n) is 6.14. The molecule has 1 amide bonds. The lowest BCUT2D eigenvalue weighted by Gasteiger charge is -2.36. The second-order valence-corrected chi connectivity index (χ2v) is 7.56. The number of nitrogens with one attached hydrogen (secondary N) is 1. The third kappa shape index (κ3) is 4.09. The molecule has 2 aromatic rings. The molecule has 1 aliphatic heterocycles. The Morgan fingerprint density at radius 1 is 1.04 bits per heavy atom. The highest BCUT2D eigenvalue weighted by molar-refractivity contribution is 8.00. The van der Waals surface area contributed by atoms with Crippen molar-refractivity contribution in [2.24, 2.45) is 0 Å². The van der Waals surface area contributed by atoms with Crippen molar-refractivity contribution in [1.29, 1.82) is 0 Å². The summed E-state index contributed by atoms with van der Waals surface area (Å²) in [5, 5.41) is -0.0504. The van der Waals surface area contributed by atoms with E-state index in [-0.39, 0.29) is 11.2 Å². The van der Waals surface area contributed by atoms with Gasteiger partial charge in [0.15, 0.2) is 12.4 Å². The number of rotatable bonds is 4. The van der Waals surface area contributed by atoms with Gasteiger partial charge in [-0.25, -0.2) is 4.98 Å². The molecule has 1 fully saturated rings. The second kappa shape index (κ2) is 7.71. The van der Waals surface area contributed by atoms with Crippen LogP contribution in [0.2, 0.25) is 0 Å². The first-order chi connectivity index (χ1) is 11.6. The Bertz CT molecular complexity index is 667. The van der Waals surface area contributed by atoms with Gasteiger partial charge in [-0.1, -0.05) is 17.7 Å². The van der Waals surface area contributed by atoms with Crippen LogP contribution >= 0.6 is 11.8 Å². The molecule has 24 heavy (non-hydrogen) atoms. The van der Waals surface area contributed by atoms with Crippen molar-refractivity contribution in [2.45, 2.75) is 24.0 Å². The summed E-state index contributed by atoms with van der Waals surface area (Å²) in [6.07, 6.45) is 3.88. The summed E-state index contributed by atoms with van der Waals surface area (Å²) < 4.78 is 0. The Balaban J connectivity index is 1.53. The maximum absolute atomic E-state index is 12.7. The van der Waals surface area contributed by atoms with E-state index in [2.05, 4.69) is 53.2 Å². The van der Waals surface area contributed by atoms with Crippen LogP contribution in [-0.2, 0) is 4.79 Å². The van der Waals surface area contributed by atoms with Gasteiger partial charge in [-0.3, -0.25) is 4.79 Å². The number of aromatic amines is 1. The number of anilines is 1. The van der Waals surface area contributed by atoms with Gasteiger partial charge in [0.25, 0.3) is 0 Å². The number of thioether (sulfide) groups is 1. The number of hydrogen-bond donors (Lipinski definition) is 0. The number of hydrogen-bond acceptors (Lipinski definition) is 3. The van der Waals surface area contributed by atoms with Gasteiger partial charge < -0.3 is 9.80 Å². The fraction of sp³-hybridized carbons (Fsp3) is 0.368. The molecular weight excluding hydrogens is 318 g/mol. The van der Waals surface area contributed by atoms with E-state index in [0.29, 0.717) is 0 Å². The van der Waals surface area contributed by atoms with Crippen LogP contribution < -0.4 is 9.88 Å². The largest absolute Gasteiger partial charge is 0.368 e. The predicted molar refractivity (Wildman–Crippen MR) is 98.3 cm³/mol. The van der Waals surface area contributed by atoms with Crippen LogP contribution in [0, 0.1) is 6.92 Å². The van der Waals surface area contributed by atoms with E-state index in [1.807, 2.05) is 24.2 Å². The fourth-order valence-corrected chi connectivity index (χ4v) is 3.85. The van der Waals surface area contributed by atoms with Gasteiger partial charge in [0.05, 0.1) is 5.25 Å². The molecule has 4 nitrogen and oxygen atoms in total. The number of amides is 1. The Hall–Kier alpha value is -2.01. The van der Waals surface area contributed by atoms with Crippen molar-refractivity contribution >= 4 is 23.4 Å². The van der Waals surface area contributed by atoms with Gasteiger partial charge >= 0.3 is 0 Å². The van der Waals surface area contributed by atoms with Crippen molar-refractivity contribution in [3.63, 3.8) is 0 Å². The lowest BCUT2D eigenvalue weighted by molar-refractivity contribution is -0.377. The summed E-state index contributed by atoms with van der Waals surface area (Å²) in [5.74, 6) is 0.238. The number of aryl methyl sites for hydroxylation is 1. The molecule has 126 valence electrons. The third-order valence-electron chi connectivity index (χ3n) is 4.34. The number of H-pyrrole nitrogens is 1. The molecule has 5 heteroatoms. The van der Waals surface area contributed by atoms with E-state index in [1.165, 1.54) is 11.3 Å². The monoisotopic (exact) mass is 342 g/mol. The minimum Gasteiger partial charge on any atom is -0.368 e. The molecule has 0 aliphatic carbocycles. The lowest BCUT2D eigenvalue weighted by Crippen LogP contribution is -2.50. The highest BCUT2D eigenvalue weighted by Gasteiger charge is 2.25. The SMILES string of the molecule is Cc1ccc(S[C@@H](C)C(=O)N2CCN(c3cc[nH+]cc3)CC2)cc1. The Labute approximate surface area is 147 Å². The van der Waals surface area contributed by atoms with E-state index < -0.39 is 0 Å². The van der Waals surface area contributed by atoms with E-state index in [9.17, 15) is 4.79 Å². The van der Waals surface area contributed by atoms with Gasteiger partial charge in [-0.05, 0) is 26.0 Å². The Kier molecular flexibility index (Phi) is 5.41. The number of benzene rings is 1. The van der Waals surface area contributed by atoms with Crippen LogP contribution in [0.4, 0.5) is 5.69 Å². The number of carbonyl (C=O) groups is 1. The first-order valence-corrected chi connectivity index (χ1v) is 9.24. The summed E-state index contributed by atoms with van der Waals surface area (Å²) in [6, 6.07) is 12.5. The van der Waals surface area contributed by atoms with Gasteiger partial charge in [0, 0.05) is 48.9 Å². The Morgan fingerprint density at radius 3 is 2.29 bits per heavy atom. The quantitative estimate of drug-likeness (QED) is 0.802. The molecule has 3 rings (SSSR count). The predicted octanol–water partition coefficient (Wildman–Crippen LogP) is 2.64. The maximum Gasteiger partial charge on any atom is 0.235 e. The highest BCUT2D eigenvalue weighted by atomic mass is 32.2. The molecule has 1 aromatic heterocycles. The topological polar surface area (TPSA) is 37.7 Å². The van der Waals surface area contributed by atoms with Crippen LogP contribution in [0.3, 0.4) is 0 Å². The minimum atomic E-state index is -0.0504. The van der Waals surface area contributed by atoms with E-state index >= 15 is 0 Å². The normalized spacial score (nSPS) is 16.1. The van der Waals surface area contributed by atoms with E-state index in [1.54, 1.807) is 11.8 Å². The van der Waals surface area contributed by atoms with Gasteiger partial charge in [0.1, 0.15) is 0 Å². The zero-order chi connectivity index (χ0) is 16.9. The van der Waals surface area contributed by atoms with Crippen molar-refractivity contribution < 1.29 is 9.78 Å². The van der Waals surface area contributed by atoms with Crippen molar-refractivity contribution in [1.82, 2.24) is 4.90 Å². The molecule has 1 N–H and O–H groups in total. The molecular formula is C19H24N3OS+. The van der Waals surface area contributed by atoms with E-state index in [0.717, 1.165) is 31.1 Å². The van der Waals surface area contributed by atoms with Crippen LogP contribution in [0.15, 0.2) is 53.7 Å². The standard InChI is InChI=1S/C19H23N3OS/c1-15-3-5-18(6-4-15)24-16(2)19(23)22-13-11-21(12-14-22)17-7-9-20-10-8-17/h3-10,16H,11-14H2,1-2H3/p+1/t16-/m0/s1. The number of pyridine rings is 1. The summed E-state index contributed by atoms with van der Waals surface area (Å²) in [7, 11) is 0. The van der Waals surface area contributed by atoms with Crippen LogP contribution in [0.25, 0.3) is 0 Å². The fourth-order valence-electron chi connectivity index (χ4n) is 2.90. The molecule has 0 bridgehead atoms. The molecule has 0 radical (unpaired) electrons. The molecule has 1 atom stereocenters. The number of nitrogens with zero attached hydrogens (tertiary/aromatic N) is 2. The van der Waals surface area contributed by atoms with Crippen LogP contribution in [0.5, 0.6) is 0 Å². The first-order valence-electron chi connectivity index (χ1n) is 8.36. The number of piperazine rings is 1. The van der Waals surface area contributed by atoms with Crippen molar-refractivity contribution in [3.8, 4) is 0 Å². The summed E-state index contributed by atoms with van der Waals surface area (Å²) in [4.78, 5) is 21.2. The number of carbonyl (C=O) groups excluding carboxylic acids is 1. The maximum atomic E-state index is 12.7. The van der Waals surface area contributed by atoms with Crippen LogP contribution in [0.1, 0.15) is 12.5 Å². The van der Waals surface area contributed by atoms with Gasteiger partial charge in [-0.2, -0.15) is 0 Å². The molecule has 2 heterocycles. The van der Waals surface area contributed by atoms with Crippen molar-refractivity contribution in [3.05, 3.63) is 54.4 Å². The average Bonchev–Trinajstić information content (AvgIpc) is 2.64. The zero-order valence-corrected chi connectivity index (χ0v) is 15.1. The smallest absolute Gasteiger partial charge is 0.235 e. The van der Waals surface area contributed by atoms with Crippen LogP contribution in [-0.4, -0.2) is 42.2 Å². The minimum absolute atomic E-state index is 0.0504. The number of aromatic nitrogens is 1. The van der Waals surface area contributed by atoms with E-state index in [4.69, 9.17) is 0 Å². The van der Waals surface area contributed by atoms with Gasteiger partial charge in [0.2, 0.25) is 5.91 Å².